The van der Waals surface area contributed by atoms with Crippen LogP contribution in [0, 0.1) is 0 Å². The molecule has 0 atom stereocenters. The van der Waals surface area contributed by atoms with E-state index in [1.165, 1.54) is 13.4 Å². The second-order valence-corrected chi connectivity index (χ2v) is 9.46. The Kier molecular flexibility index (Phi) is 11.1. The summed E-state index contributed by atoms with van der Waals surface area (Å²) in [6, 6.07) is 0. The standard InChI is InChI=1S/C19H30N5O11P/c1-12(2)34-18(25)30-9-32-36(27,33-10-31-19(26)35-13(3)4)11-29-7-6-24-8-21-14-15(24)22-17(20)23-16(14)28-5/h8,12-13H,6-7,9-11H2,1-5H3,(H2,20,22,23). The Balaban J connectivity index is 1.94. The Hall–Kier alpha value is -3.20. The van der Waals surface area contributed by atoms with Gasteiger partial charge in [0.1, 0.15) is 6.35 Å². The largest absolute Gasteiger partial charge is 0.510 e. The molecule has 0 unspecified atom stereocenters. The van der Waals surface area contributed by atoms with Gasteiger partial charge in [0, 0.05) is 6.54 Å². The number of imidazole rings is 1. The van der Waals surface area contributed by atoms with E-state index in [1.807, 2.05) is 0 Å². The average molecular weight is 535 g/mol. The number of nitrogen functional groups attached to an aromatic ring is 1. The summed E-state index contributed by atoms with van der Waals surface area (Å²) in [5.74, 6) is 0.218. The van der Waals surface area contributed by atoms with Crippen LogP contribution >= 0.6 is 7.60 Å². The fourth-order valence-corrected chi connectivity index (χ4v) is 3.46. The average Bonchev–Trinajstić information content (AvgIpc) is 3.17. The Morgan fingerprint density at radius 3 is 2.14 bits per heavy atom. The van der Waals surface area contributed by atoms with Crippen LogP contribution < -0.4 is 10.5 Å². The van der Waals surface area contributed by atoms with Gasteiger partial charge in [-0.3, -0.25) is 13.6 Å². The van der Waals surface area contributed by atoms with Crippen LogP contribution in [0.4, 0.5) is 15.5 Å². The molecule has 0 aliphatic rings. The van der Waals surface area contributed by atoms with Crippen molar-refractivity contribution in [1.82, 2.24) is 19.5 Å². The minimum absolute atomic E-state index is 0.000284. The van der Waals surface area contributed by atoms with Crippen molar-refractivity contribution in [3.63, 3.8) is 0 Å². The Morgan fingerprint density at radius 1 is 1.03 bits per heavy atom. The molecule has 0 radical (unpaired) electrons. The van der Waals surface area contributed by atoms with Crippen LogP contribution in [0.3, 0.4) is 0 Å². The van der Waals surface area contributed by atoms with Gasteiger partial charge in [-0.05, 0) is 27.7 Å². The van der Waals surface area contributed by atoms with Gasteiger partial charge in [0.15, 0.2) is 11.2 Å². The summed E-state index contributed by atoms with van der Waals surface area (Å²) in [5.41, 5.74) is 6.51. The van der Waals surface area contributed by atoms with E-state index in [4.69, 9.17) is 43.2 Å². The van der Waals surface area contributed by atoms with Gasteiger partial charge in [0.25, 0.3) is 0 Å². The van der Waals surface area contributed by atoms with Crippen molar-refractivity contribution in [3.05, 3.63) is 6.33 Å². The SMILES string of the molecule is COc1nc(N)nc2c1ncn2CCOCP(=O)(OCOC(=O)OC(C)C)OCOC(=O)OC(C)C. The molecule has 2 aromatic heterocycles. The second kappa shape index (κ2) is 13.8. The zero-order chi connectivity index (χ0) is 26.7. The zero-order valence-corrected chi connectivity index (χ0v) is 21.5. The van der Waals surface area contributed by atoms with Gasteiger partial charge in [-0.25, -0.2) is 14.6 Å². The maximum Gasteiger partial charge on any atom is 0.510 e. The quantitative estimate of drug-likeness (QED) is 0.160. The minimum Gasteiger partial charge on any atom is -0.479 e. The normalized spacial score (nSPS) is 11.6. The first-order chi connectivity index (χ1) is 17.0. The van der Waals surface area contributed by atoms with E-state index in [0.29, 0.717) is 11.2 Å². The molecule has 0 fully saturated rings. The van der Waals surface area contributed by atoms with Crippen molar-refractivity contribution < 1.29 is 51.6 Å². The van der Waals surface area contributed by atoms with E-state index in [1.54, 1.807) is 32.3 Å². The van der Waals surface area contributed by atoms with Crippen LogP contribution in [0.1, 0.15) is 27.7 Å². The third-order valence-electron chi connectivity index (χ3n) is 3.88. The number of aromatic nitrogens is 4. The molecule has 2 aromatic rings. The number of nitrogens with two attached hydrogens (primary N) is 1. The molecule has 0 saturated heterocycles. The number of ether oxygens (including phenoxy) is 6. The molecule has 2 heterocycles. The van der Waals surface area contributed by atoms with E-state index in [2.05, 4.69) is 15.0 Å². The van der Waals surface area contributed by atoms with Crippen molar-refractivity contribution >= 4 is 37.0 Å². The highest BCUT2D eigenvalue weighted by Gasteiger charge is 2.27. The number of hydrogen-bond donors (Lipinski definition) is 1. The van der Waals surface area contributed by atoms with Gasteiger partial charge in [-0.15, -0.1) is 0 Å². The summed E-state index contributed by atoms with van der Waals surface area (Å²) in [5, 5.41) is 0. The molecular weight excluding hydrogens is 505 g/mol. The van der Waals surface area contributed by atoms with Crippen LogP contribution in [0.25, 0.3) is 11.2 Å². The number of nitrogens with zero attached hydrogens (tertiary/aromatic N) is 4. The van der Waals surface area contributed by atoms with E-state index >= 15 is 0 Å². The molecular formula is C19H30N5O11P. The van der Waals surface area contributed by atoms with E-state index in [9.17, 15) is 14.2 Å². The van der Waals surface area contributed by atoms with E-state index in [0.717, 1.165) is 0 Å². The molecule has 0 aromatic carbocycles. The lowest BCUT2D eigenvalue weighted by Gasteiger charge is -2.19. The molecule has 0 saturated carbocycles. The van der Waals surface area contributed by atoms with Crippen molar-refractivity contribution in [1.29, 1.82) is 0 Å². The zero-order valence-electron chi connectivity index (χ0n) is 20.6. The summed E-state index contributed by atoms with van der Waals surface area (Å²) >= 11 is 0. The Morgan fingerprint density at radius 2 is 1.61 bits per heavy atom. The van der Waals surface area contributed by atoms with Crippen LogP contribution in [-0.2, 0) is 43.8 Å². The molecule has 0 bridgehead atoms. The van der Waals surface area contributed by atoms with Crippen molar-refractivity contribution in [2.45, 2.75) is 46.4 Å². The molecule has 202 valence electrons. The van der Waals surface area contributed by atoms with Crippen molar-refractivity contribution in [2.75, 3.05) is 39.4 Å². The lowest BCUT2D eigenvalue weighted by Crippen LogP contribution is -2.17. The highest BCUT2D eigenvalue weighted by atomic mass is 31.2. The fourth-order valence-electron chi connectivity index (χ4n) is 2.45. The molecule has 0 amide bonds. The highest BCUT2D eigenvalue weighted by molar-refractivity contribution is 7.53. The summed E-state index contributed by atoms with van der Waals surface area (Å²) in [6.45, 7) is 5.21. The van der Waals surface area contributed by atoms with Crippen LogP contribution in [0.2, 0.25) is 0 Å². The molecule has 36 heavy (non-hydrogen) atoms. The second-order valence-electron chi connectivity index (χ2n) is 7.47. The van der Waals surface area contributed by atoms with Gasteiger partial charge < -0.3 is 38.7 Å². The number of carbonyl (C=O) groups is 2. The minimum atomic E-state index is -4.05. The molecule has 0 spiro atoms. The monoisotopic (exact) mass is 535 g/mol. The topological polar surface area (TPSA) is 195 Å². The first-order valence-electron chi connectivity index (χ1n) is 10.7. The van der Waals surface area contributed by atoms with Crippen LogP contribution in [0.15, 0.2) is 6.33 Å². The highest BCUT2D eigenvalue weighted by Crippen LogP contribution is 2.48. The van der Waals surface area contributed by atoms with Crippen molar-refractivity contribution in [2.24, 2.45) is 0 Å². The third-order valence-corrected chi connectivity index (χ3v) is 5.38. The van der Waals surface area contributed by atoms with Gasteiger partial charge >= 0.3 is 19.9 Å². The molecule has 2 N–H and O–H groups in total. The van der Waals surface area contributed by atoms with Crippen molar-refractivity contribution in [3.8, 4) is 5.88 Å². The maximum atomic E-state index is 13.0. The van der Waals surface area contributed by atoms with Crippen LogP contribution in [0.5, 0.6) is 5.88 Å². The molecule has 17 heteroatoms. The smallest absolute Gasteiger partial charge is 0.479 e. The molecule has 16 nitrogen and oxygen atoms in total. The molecule has 2 rings (SSSR count). The fraction of sp³-hybridized carbons (Fsp3) is 0.632. The van der Waals surface area contributed by atoms with Gasteiger partial charge in [-0.1, -0.05) is 0 Å². The molecule has 0 aliphatic carbocycles. The maximum absolute atomic E-state index is 13.0. The van der Waals surface area contributed by atoms with E-state index in [-0.39, 0.29) is 25.0 Å². The summed E-state index contributed by atoms with van der Waals surface area (Å²) < 4.78 is 54.4. The number of hydrogen-bond acceptors (Lipinski definition) is 15. The number of carbonyl (C=O) groups excluding carboxylic acids is 2. The van der Waals surface area contributed by atoms with Gasteiger partial charge in [0.05, 0.1) is 32.3 Å². The first-order valence-corrected chi connectivity index (χ1v) is 12.4. The summed E-state index contributed by atoms with van der Waals surface area (Å²) in [4.78, 5) is 35.3. The Bertz CT molecular complexity index is 1030. The number of methoxy groups -OCH3 is 1. The number of fused-ring (bicyclic) bond motifs is 1. The van der Waals surface area contributed by atoms with Gasteiger partial charge in [-0.2, -0.15) is 9.97 Å². The summed E-state index contributed by atoms with van der Waals surface area (Å²) in [6.07, 6.45) is -1.99. The third kappa shape index (κ3) is 9.45. The lowest BCUT2D eigenvalue weighted by atomic mass is 10.5. The summed E-state index contributed by atoms with van der Waals surface area (Å²) in [7, 11) is -2.62. The first kappa shape index (κ1) is 29.0. The van der Waals surface area contributed by atoms with Crippen LogP contribution in [-0.4, -0.2) is 77.7 Å². The molecule has 0 aliphatic heterocycles. The predicted molar refractivity (Wildman–Crippen MR) is 122 cm³/mol. The van der Waals surface area contributed by atoms with Gasteiger partial charge in [0.2, 0.25) is 25.4 Å². The van der Waals surface area contributed by atoms with E-state index < -0.39 is 52.0 Å². The number of anilines is 1. The predicted octanol–water partition coefficient (Wildman–Crippen LogP) is 2.66. The number of rotatable bonds is 14. The lowest BCUT2D eigenvalue weighted by molar-refractivity contribution is -0.0344. The Labute approximate surface area is 206 Å².